The number of urea groups is 1. The molecule has 78 valence electrons. The van der Waals surface area contributed by atoms with Gasteiger partial charge in [-0.3, -0.25) is 0 Å². The summed E-state index contributed by atoms with van der Waals surface area (Å²) >= 11 is 0. The molecule has 0 heterocycles. The zero-order valence-electron chi connectivity index (χ0n) is 8.66. The maximum Gasteiger partial charge on any atom is 0.316 e. The van der Waals surface area contributed by atoms with Gasteiger partial charge in [0, 0.05) is 34.9 Å². The highest BCUT2D eigenvalue weighted by Gasteiger charge is 2.09. The molecule has 2 amide bonds. The number of carbonyl (C=O) groups is 1. The lowest BCUT2D eigenvalue weighted by atomic mass is 10.4. The van der Waals surface area contributed by atoms with Crippen molar-refractivity contribution in [1.29, 1.82) is 0 Å². The Kier molecular flexibility index (Phi) is 6.26. The van der Waals surface area contributed by atoms with Crippen LogP contribution in [0.4, 0.5) is 4.79 Å². The Balaban J connectivity index is 3.65. The molecule has 13 heavy (non-hydrogen) atoms. The van der Waals surface area contributed by atoms with Gasteiger partial charge < -0.3 is 19.7 Å². The zero-order valence-corrected chi connectivity index (χ0v) is 8.66. The minimum absolute atomic E-state index is 0.0890. The van der Waals surface area contributed by atoms with Gasteiger partial charge >= 0.3 is 6.03 Å². The fourth-order valence-corrected chi connectivity index (χ4v) is 0.755. The molecule has 0 saturated heterocycles. The molecule has 0 aliphatic heterocycles. The normalized spacial score (nSPS) is 12.3. The summed E-state index contributed by atoms with van der Waals surface area (Å²) in [6.07, 6.45) is -0.0890. The van der Waals surface area contributed by atoms with Crippen molar-refractivity contribution >= 4 is 6.03 Å². The maximum absolute atomic E-state index is 11.1. The van der Waals surface area contributed by atoms with Crippen LogP contribution in [0.15, 0.2) is 0 Å². The van der Waals surface area contributed by atoms with Crippen LogP contribution in [0, 0.1) is 0 Å². The van der Waals surface area contributed by atoms with Gasteiger partial charge in [-0.15, -0.1) is 0 Å². The molecular weight excluding hydrogens is 172 g/mol. The minimum atomic E-state index is -0.127. The van der Waals surface area contributed by atoms with E-state index in [0.717, 1.165) is 0 Å². The van der Waals surface area contributed by atoms with Crippen LogP contribution < -0.4 is 5.32 Å². The molecule has 0 spiro atoms. The van der Waals surface area contributed by atoms with E-state index in [4.69, 9.17) is 9.47 Å². The van der Waals surface area contributed by atoms with Crippen LogP contribution in [0.2, 0.25) is 0 Å². The Morgan fingerprint density at radius 1 is 1.46 bits per heavy atom. The van der Waals surface area contributed by atoms with Gasteiger partial charge in [0.05, 0.1) is 12.7 Å². The number of carbonyl (C=O) groups excluding carboxylic acids is 1. The summed E-state index contributed by atoms with van der Waals surface area (Å²) in [7, 11) is 6.56. The molecule has 1 unspecified atom stereocenters. The third kappa shape index (κ3) is 5.43. The number of nitrogens with zero attached hydrogens (tertiary/aromatic N) is 1. The van der Waals surface area contributed by atoms with E-state index in [1.54, 1.807) is 28.3 Å². The Morgan fingerprint density at radius 3 is 2.46 bits per heavy atom. The van der Waals surface area contributed by atoms with Crippen molar-refractivity contribution in [3.63, 3.8) is 0 Å². The molecule has 0 aromatic carbocycles. The highest BCUT2D eigenvalue weighted by Crippen LogP contribution is 1.89. The molecule has 0 saturated carbocycles. The lowest BCUT2D eigenvalue weighted by molar-refractivity contribution is 0.0299. The number of methoxy groups -OCH3 is 2. The van der Waals surface area contributed by atoms with E-state index in [2.05, 4.69) is 5.32 Å². The second kappa shape index (κ2) is 6.68. The molecule has 0 rings (SSSR count). The molecule has 5 heteroatoms. The average molecular weight is 190 g/mol. The Labute approximate surface area is 79.0 Å². The van der Waals surface area contributed by atoms with Crippen LogP contribution in [0.1, 0.15) is 0 Å². The van der Waals surface area contributed by atoms with Gasteiger partial charge in [-0.1, -0.05) is 0 Å². The summed E-state index contributed by atoms with van der Waals surface area (Å²) < 4.78 is 9.96. The Bertz CT molecular complexity index is 150. The monoisotopic (exact) mass is 190 g/mol. The summed E-state index contributed by atoms with van der Waals surface area (Å²) in [5.41, 5.74) is 0. The smallest absolute Gasteiger partial charge is 0.316 e. The number of ether oxygens (including phenoxy) is 2. The van der Waals surface area contributed by atoms with Crippen molar-refractivity contribution in [2.24, 2.45) is 0 Å². The fraction of sp³-hybridized carbons (Fsp3) is 0.875. The topological polar surface area (TPSA) is 50.8 Å². The van der Waals surface area contributed by atoms with E-state index in [0.29, 0.717) is 13.2 Å². The first kappa shape index (κ1) is 12.2. The largest absolute Gasteiger partial charge is 0.382 e. The van der Waals surface area contributed by atoms with Crippen LogP contribution in [-0.4, -0.2) is 58.5 Å². The highest BCUT2D eigenvalue weighted by molar-refractivity contribution is 5.73. The molecular formula is C8H18N2O3. The standard InChI is InChI=1S/C8H18N2O3/c1-10(2)8(11)9-5-7(13-4)6-12-3/h7H,5-6H2,1-4H3,(H,9,11). The lowest BCUT2D eigenvalue weighted by Crippen LogP contribution is -2.40. The van der Waals surface area contributed by atoms with Gasteiger partial charge in [-0.25, -0.2) is 4.79 Å². The third-order valence-corrected chi connectivity index (χ3v) is 1.57. The number of nitrogens with one attached hydrogen (secondary N) is 1. The van der Waals surface area contributed by atoms with Crippen LogP contribution in [0.5, 0.6) is 0 Å². The summed E-state index contributed by atoms with van der Waals surface area (Å²) in [5.74, 6) is 0. The summed E-state index contributed by atoms with van der Waals surface area (Å²) in [6, 6.07) is -0.127. The number of hydrogen-bond acceptors (Lipinski definition) is 3. The highest BCUT2D eigenvalue weighted by atomic mass is 16.5. The molecule has 0 radical (unpaired) electrons. The van der Waals surface area contributed by atoms with Crippen LogP contribution >= 0.6 is 0 Å². The van der Waals surface area contributed by atoms with Crippen LogP contribution in [0.25, 0.3) is 0 Å². The predicted molar refractivity (Wildman–Crippen MR) is 49.8 cm³/mol. The summed E-state index contributed by atoms with van der Waals surface area (Å²) in [4.78, 5) is 12.6. The van der Waals surface area contributed by atoms with Crippen LogP contribution in [0.3, 0.4) is 0 Å². The number of rotatable bonds is 5. The molecule has 1 N–H and O–H groups in total. The van der Waals surface area contributed by atoms with Gasteiger partial charge in [0.2, 0.25) is 0 Å². The predicted octanol–water partition coefficient (Wildman–Crippen LogP) is -0.0810. The minimum Gasteiger partial charge on any atom is -0.382 e. The summed E-state index contributed by atoms with van der Waals surface area (Å²) in [6.45, 7) is 0.936. The van der Waals surface area contributed by atoms with E-state index >= 15 is 0 Å². The quantitative estimate of drug-likeness (QED) is 0.659. The average Bonchev–Trinajstić information content (AvgIpc) is 2.11. The first-order valence-corrected chi connectivity index (χ1v) is 4.08. The zero-order chi connectivity index (χ0) is 10.3. The second-order valence-corrected chi connectivity index (χ2v) is 2.89. The Morgan fingerprint density at radius 2 is 2.08 bits per heavy atom. The van der Waals surface area contributed by atoms with Crippen molar-refractivity contribution in [3.05, 3.63) is 0 Å². The van der Waals surface area contributed by atoms with Gasteiger partial charge in [-0.2, -0.15) is 0 Å². The molecule has 0 aromatic heterocycles. The van der Waals surface area contributed by atoms with Crippen molar-refractivity contribution in [3.8, 4) is 0 Å². The SMILES string of the molecule is COCC(CNC(=O)N(C)C)OC. The third-order valence-electron chi connectivity index (χ3n) is 1.57. The first-order valence-electron chi connectivity index (χ1n) is 4.08. The molecule has 0 aliphatic carbocycles. The number of hydrogen-bond donors (Lipinski definition) is 1. The van der Waals surface area contributed by atoms with Crippen molar-refractivity contribution in [1.82, 2.24) is 10.2 Å². The Hall–Kier alpha value is -0.810. The molecule has 0 aromatic rings. The maximum atomic E-state index is 11.1. The van der Waals surface area contributed by atoms with Gasteiger partial charge in [0.1, 0.15) is 0 Å². The van der Waals surface area contributed by atoms with Crippen molar-refractivity contribution in [2.45, 2.75) is 6.10 Å². The molecule has 0 fully saturated rings. The molecule has 1 atom stereocenters. The van der Waals surface area contributed by atoms with E-state index < -0.39 is 0 Å². The van der Waals surface area contributed by atoms with E-state index in [1.807, 2.05) is 0 Å². The van der Waals surface area contributed by atoms with Crippen LogP contribution in [-0.2, 0) is 9.47 Å². The van der Waals surface area contributed by atoms with Gasteiger partial charge in [0.15, 0.2) is 0 Å². The number of amides is 2. The molecule has 0 bridgehead atoms. The van der Waals surface area contributed by atoms with E-state index in [-0.39, 0.29) is 12.1 Å². The fourth-order valence-electron chi connectivity index (χ4n) is 0.755. The molecule has 0 aliphatic rings. The van der Waals surface area contributed by atoms with Crippen molar-refractivity contribution < 1.29 is 14.3 Å². The second-order valence-electron chi connectivity index (χ2n) is 2.89. The van der Waals surface area contributed by atoms with Gasteiger partial charge in [0.25, 0.3) is 0 Å². The lowest BCUT2D eigenvalue weighted by Gasteiger charge is -2.17. The first-order chi connectivity index (χ1) is 6.11. The van der Waals surface area contributed by atoms with Crippen molar-refractivity contribution in [2.75, 3.05) is 41.5 Å². The van der Waals surface area contributed by atoms with E-state index in [9.17, 15) is 4.79 Å². The summed E-state index contributed by atoms with van der Waals surface area (Å²) in [5, 5.41) is 2.70. The van der Waals surface area contributed by atoms with Gasteiger partial charge in [-0.05, 0) is 0 Å². The van der Waals surface area contributed by atoms with E-state index in [1.165, 1.54) is 4.90 Å². The molecule has 5 nitrogen and oxygen atoms in total.